The Kier molecular flexibility index (Phi) is 5.31. The predicted octanol–water partition coefficient (Wildman–Crippen LogP) is 5.67. The van der Waals surface area contributed by atoms with E-state index in [0.717, 1.165) is 18.4 Å². The number of hydrogen-bond donors (Lipinski definition) is 2. The summed E-state index contributed by atoms with van der Waals surface area (Å²) in [6.07, 6.45) is 7.63. The molecular weight excluding hydrogens is 400 g/mol. The Morgan fingerprint density at radius 2 is 1.72 bits per heavy atom. The van der Waals surface area contributed by atoms with Crippen LogP contribution in [0, 0.1) is 24.2 Å². The molecule has 2 N–H and O–H groups in total. The van der Waals surface area contributed by atoms with E-state index in [-0.39, 0.29) is 16.9 Å². The maximum absolute atomic E-state index is 12.8. The number of carbonyl (C=O) groups is 1. The summed E-state index contributed by atoms with van der Waals surface area (Å²) in [5.41, 5.74) is 3.93. The minimum atomic E-state index is -0.184. The van der Waals surface area contributed by atoms with Gasteiger partial charge in [-0.25, -0.2) is 4.79 Å². The van der Waals surface area contributed by atoms with Crippen LogP contribution in [0.1, 0.15) is 49.7 Å². The Morgan fingerprint density at radius 1 is 1.00 bits per heavy atom. The van der Waals surface area contributed by atoms with Crippen LogP contribution in [0.5, 0.6) is 11.5 Å². The van der Waals surface area contributed by atoms with Gasteiger partial charge in [0, 0.05) is 12.6 Å². The molecule has 6 rings (SSSR count). The Morgan fingerprint density at radius 3 is 2.38 bits per heavy atom. The van der Waals surface area contributed by atoms with Crippen molar-refractivity contribution in [3.05, 3.63) is 53.6 Å². The number of rotatable bonds is 6. The van der Waals surface area contributed by atoms with Crippen molar-refractivity contribution in [3.8, 4) is 11.5 Å². The van der Waals surface area contributed by atoms with Gasteiger partial charge in [-0.15, -0.1) is 0 Å². The standard InChI is InChI=1S/C27H34N2O3/c1-18-4-6-21(7-5-18)27-14-19-10-20(15-27)13-26(12-19,16-27)17-28-25(30)29-23-11-22(31-2)8-9-24(23)32-3/h4-9,11,19-20H,10,12-17H2,1-3H3,(H2,28,29,30)/t19-,20+,26?,27?. The highest BCUT2D eigenvalue weighted by molar-refractivity contribution is 5.91. The number of anilines is 1. The van der Waals surface area contributed by atoms with Crippen LogP contribution in [-0.2, 0) is 5.41 Å². The van der Waals surface area contributed by atoms with E-state index < -0.39 is 0 Å². The van der Waals surface area contributed by atoms with Crippen molar-refractivity contribution in [1.82, 2.24) is 5.32 Å². The average molecular weight is 435 g/mol. The molecule has 170 valence electrons. The van der Waals surface area contributed by atoms with Crippen LogP contribution in [0.3, 0.4) is 0 Å². The summed E-state index contributed by atoms with van der Waals surface area (Å²) in [6, 6.07) is 14.4. The third-order valence-electron chi connectivity index (χ3n) is 8.12. The summed E-state index contributed by atoms with van der Waals surface area (Å²) >= 11 is 0. The Hall–Kier alpha value is -2.69. The number of carbonyl (C=O) groups excluding carboxylic acids is 1. The number of amides is 2. The first-order chi connectivity index (χ1) is 15.4. The van der Waals surface area contributed by atoms with Gasteiger partial charge < -0.3 is 20.1 Å². The van der Waals surface area contributed by atoms with Gasteiger partial charge in [-0.05, 0) is 85.8 Å². The molecule has 0 radical (unpaired) electrons. The normalized spacial score (nSPS) is 30.1. The van der Waals surface area contributed by atoms with Crippen molar-refractivity contribution < 1.29 is 14.3 Å². The monoisotopic (exact) mass is 434 g/mol. The number of hydrogen-bond acceptors (Lipinski definition) is 3. The van der Waals surface area contributed by atoms with Gasteiger partial charge in [0.2, 0.25) is 0 Å². The van der Waals surface area contributed by atoms with E-state index in [1.165, 1.54) is 49.7 Å². The lowest BCUT2D eigenvalue weighted by Gasteiger charge is -2.62. The van der Waals surface area contributed by atoms with E-state index in [1.54, 1.807) is 26.4 Å². The molecule has 0 heterocycles. The first kappa shape index (κ1) is 21.2. The Bertz CT molecular complexity index is 986. The second-order valence-corrected chi connectivity index (χ2v) is 10.5. The van der Waals surface area contributed by atoms with E-state index in [2.05, 4.69) is 41.8 Å². The van der Waals surface area contributed by atoms with Crippen LogP contribution in [0.15, 0.2) is 42.5 Å². The molecule has 2 amide bonds. The van der Waals surface area contributed by atoms with Gasteiger partial charge in [-0.3, -0.25) is 0 Å². The molecule has 2 unspecified atom stereocenters. The molecule has 5 heteroatoms. The van der Waals surface area contributed by atoms with Crippen molar-refractivity contribution in [2.24, 2.45) is 17.3 Å². The summed E-state index contributed by atoms with van der Waals surface area (Å²) < 4.78 is 10.7. The lowest BCUT2D eigenvalue weighted by atomic mass is 9.43. The average Bonchev–Trinajstić information content (AvgIpc) is 2.77. The lowest BCUT2D eigenvalue weighted by Crippen LogP contribution is -2.57. The topological polar surface area (TPSA) is 59.6 Å². The molecule has 2 aromatic rings. The van der Waals surface area contributed by atoms with Gasteiger partial charge in [0.1, 0.15) is 11.5 Å². The number of methoxy groups -OCH3 is 2. The van der Waals surface area contributed by atoms with E-state index in [4.69, 9.17) is 9.47 Å². The predicted molar refractivity (Wildman–Crippen MR) is 127 cm³/mol. The van der Waals surface area contributed by atoms with Gasteiger partial charge in [0.25, 0.3) is 0 Å². The van der Waals surface area contributed by atoms with E-state index >= 15 is 0 Å². The van der Waals surface area contributed by atoms with Gasteiger partial charge in [-0.1, -0.05) is 29.8 Å². The van der Waals surface area contributed by atoms with E-state index in [9.17, 15) is 4.79 Å². The fourth-order valence-corrected chi connectivity index (χ4v) is 7.25. The van der Waals surface area contributed by atoms with Gasteiger partial charge in [0.15, 0.2) is 0 Å². The maximum Gasteiger partial charge on any atom is 0.319 e. The minimum absolute atomic E-state index is 0.184. The third-order valence-corrected chi connectivity index (χ3v) is 8.12. The third kappa shape index (κ3) is 3.82. The van der Waals surface area contributed by atoms with Crippen molar-refractivity contribution in [2.45, 2.75) is 50.9 Å². The molecule has 5 nitrogen and oxygen atoms in total. The molecule has 4 aliphatic rings. The van der Waals surface area contributed by atoms with Crippen LogP contribution in [0.4, 0.5) is 10.5 Å². The number of benzene rings is 2. The second-order valence-electron chi connectivity index (χ2n) is 10.5. The zero-order chi connectivity index (χ0) is 22.3. The summed E-state index contributed by atoms with van der Waals surface area (Å²) in [4.78, 5) is 12.8. The molecule has 4 aliphatic carbocycles. The van der Waals surface area contributed by atoms with Gasteiger partial charge in [0.05, 0.1) is 19.9 Å². The molecular formula is C27H34N2O3. The second kappa shape index (κ2) is 8.02. The SMILES string of the molecule is COc1ccc(OC)c(NC(=O)NCC23C[C@H]4C[C@@H](C2)CC(c2ccc(C)cc2)(C4)C3)c1. The van der Waals surface area contributed by atoms with Crippen LogP contribution < -0.4 is 20.1 Å². The van der Waals surface area contributed by atoms with Crippen molar-refractivity contribution in [2.75, 3.05) is 26.1 Å². The van der Waals surface area contributed by atoms with Crippen LogP contribution in [0.2, 0.25) is 0 Å². The van der Waals surface area contributed by atoms with E-state index in [0.29, 0.717) is 17.2 Å². The zero-order valence-electron chi connectivity index (χ0n) is 19.4. The fourth-order valence-electron chi connectivity index (χ4n) is 7.25. The molecule has 4 bridgehead atoms. The molecule has 0 aliphatic heterocycles. The number of urea groups is 1. The van der Waals surface area contributed by atoms with Crippen molar-refractivity contribution >= 4 is 11.7 Å². The first-order valence-corrected chi connectivity index (χ1v) is 11.8. The highest BCUT2D eigenvalue weighted by atomic mass is 16.5. The maximum atomic E-state index is 12.8. The Balaban J connectivity index is 1.30. The highest BCUT2D eigenvalue weighted by Crippen LogP contribution is 2.65. The lowest BCUT2D eigenvalue weighted by molar-refractivity contribution is -0.0692. The van der Waals surface area contributed by atoms with Crippen LogP contribution >= 0.6 is 0 Å². The molecule has 4 fully saturated rings. The molecule has 4 atom stereocenters. The highest BCUT2D eigenvalue weighted by Gasteiger charge is 2.58. The van der Waals surface area contributed by atoms with Crippen molar-refractivity contribution in [1.29, 1.82) is 0 Å². The zero-order valence-corrected chi connectivity index (χ0v) is 19.4. The molecule has 32 heavy (non-hydrogen) atoms. The number of aryl methyl sites for hydroxylation is 1. The number of ether oxygens (including phenoxy) is 2. The largest absolute Gasteiger partial charge is 0.497 e. The number of nitrogens with one attached hydrogen (secondary N) is 2. The van der Waals surface area contributed by atoms with Crippen molar-refractivity contribution in [3.63, 3.8) is 0 Å². The quantitative estimate of drug-likeness (QED) is 0.616. The van der Waals surface area contributed by atoms with Crippen LogP contribution in [-0.4, -0.2) is 26.8 Å². The van der Waals surface area contributed by atoms with Gasteiger partial charge >= 0.3 is 6.03 Å². The Labute approximate surface area is 190 Å². The molecule has 0 saturated heterocycles. The molecule has 0 aromatic heterocycles. The molecule has 4 saturated carbocycles. The summed E-state index contributed by atoms with van der Waals surface area (Å²) in [5, 5.41) is 6.17. The summed E-state index contributed by atoms with van der Waals surface area (Å²) in [6.45, 7) is 2.89. The van der Waals surface area contributed by atoms with E-state index in [1.807, 2.05) is 6.07 Å². The smallest absolute Gasteiger partial charge is 0.319 e. The molecule has 2 aromatic carbocycles. The first-order valence-electron chi connectivity index (χ1n) is 11.8. The minimum Gasteiger partial charge on any atom is -0.497 e. The fraction of sp³-hybridized carbons (Fsp3) is 0.519. The van der Waals surface area contributed by atoms with Gasteiger partial charge in [-0.2, -0.15) is 0 Å². The summed E-state index contributed by atoms with van der Waals surface area (Å²) in [7, 11) is 3.22. The molecule has 0 spiro atoms. The summed E-state index contributed by atoms with van der Waals surface area (Å²) in [5.74, 6) is 2.86. The van der Waals surface area contributed by atoms with Crippen LogP contribution in [0.25, 0.3) is 0 Å².